The number of nitrogens with zero attached hydrogens (tertiary/aromatic N) is 1. The van der Waals surface area contributed by atoms with Crippen molar-refractivity contribution in [2.45, 2.75) is 45.7 Å². The van der Waals surface area contributed by atoms with Gasteiger partial charge >= 0.3 is 0 Å². The minimum Gasteiger partial charge on any atom is -0.306 e. The lowest BCUT2D eigenvalue weighted by molar-refractivity contribution is 0.290. The average Bonchev–Trinajstić information content (AvgIpc) is 3.07. The molecule has 2 aromatic rings. The fourth-order valence-corrected chi connectivity index (χ4v) is 4.74. The van der Waals surface area contributed by atoms with Crippen molar-refractivity contribution >= 4 is 21.4 Å². The van der Waals surface area contributed by atoms with Crippen molar-refractivity contribution in [3.8, 4) is 0 Å². The highest BCUT2D eigenvalue weighted by atomic mass is 32.1. The van der Waals surface area contributed by atoms with Gasteiger partial charge in [0.05, 0.1) is 0 Å². The molecule has 1 fully saturated rings. The van der Waals surface area contributed by atoms with Crippen LogP contribution in [0.4, 0.5) is 0 Å². The van der Waals surface area contributed by atoms with Gasteiger partial charge in [-0.15, -0.1) is 11.3 Å². The van der Waals surface area contributed by atoms with Gasteiger partial charge in [0.1, 0.15) is 0 Å². The fraction of sp³-hybridized carbons (Fsp3) is 0.556. The Bertz CT molecular complexity index is 598. The molecule has 0 bridgehead atoms. The molecule has 114 valence electrons. The van der Waals surface area contributed by atoms with E-state index in [4.69, 9.17) is 0 Å². The first-order valence-corrected chi connectivity index (χ1v) is 8.93. The number of rotatable bonds is 5. The first-order valence-electron chi connectivity index (χ1n) is 8.11. The van der Waals surface area contributed by atoms with E-state index in [0.717, 1.165) is 0 Å². The van der Waals surface area contributed by atoms with Crippen LogP contribution < -0.4 is 5.32 Å². The Hall–Kier alpha value is -0.900. The predicted molar refractivity (Wildman–Crippen MR) is 93.2 cm³/mol. The molecule has 0 spiro atoms. The summed E-state index contributed by atoms with van der Waals surface area (Å²) in [5.74, 6) is 0. The normalized spacial score (nSPS) is 19.2. The maximum absolute atomic E-state index is 3.79. The summed E-state index contributed by atoms with van der Waals surface area (Å²) in [6.07, 6.45) is 2.75. The number of aryl methyl sites for hydroxylation is 1. The van der Waals surface area contributed by atoms with E-state index in [2.05, 4.69) is 55.3 Å². The predicted octanol–water partition coefficient (Wildman–Crippen LogP) is 4.34. The molecule has 1 aromatic heterocycles. The molecule has 0 saturated carbocycles. The van der Waals surface area contributed by atoms with Gasteiger partial charge in [0, 0.05) is 28.2 Å². The van der Waals surface area contributed by atoms with Gasteiger partial charge in [-0.25, -0.2) is 0 Å². The molecule has 21 heavy (non-hydrogen) atoms. The smallest absolute Gasteiger partial charge is 0.0391 e. The third-order valence-electron chi connectivity index (χ3n) is 4.54. The first-order chi connectivity index (χ1) is 10.1. The molecule has 2 nitrogen and oxygen atoms in total. The topological polar surface area (TPSA) is 15.3 Å². The average molecular weight is 302 g/mol. The standard InChI is InChI=1S/C18H26N2S/c1-13(12-20-10-6-7-11-20)19-15(3)18-14(2)16-8-4-5-9-17(16)21-18/h4-5,8-9,13,15,19H,6-7,10-12H2,1-3H3. The van der Waals surface area contributed by atoms with E-state index >= 15 is 0 Å². The number of thiophene rings is 1. The van der Waals surface area contributed by atoms with Crippen molar-refractivity contribution in [2.24, 2.45) is 0 Å². The summed E-state index contributed by atoms with van der Waals surface area (Å²) < 4.78 is 1.41. The number of benzene rings is 1. The molecule has 0 radical (unpaired) electrons. The second kappa shape index (κ2) is 6.47. The third kappa shape index (κ3) is 3.31. The van der Waals surface area contributed by atoms with Crippen LogP contribution in [0.15, 0.2) is 24.3 Å². The second-order valence-corrected chi connectivity index (χ2v) is 7.47. The minimum atomic E-state index is 0.431. The molecule has 2 unspecified atom stereocenters. The van der Waals surface area contributed by atoms with Gasteiger partial charge in [-0.1, -0.05) is 18.2 Å². The summed E-state index contributed by atoms with van der Waals surface area (Å²) in [6, 6.07) is 9.72. The Labute approximate surface area is 132 Å². The lowest BCUT2D eigenvalue weighted by atomic mass is 10.1. The highest BCUT2D eigenvalue weighted by molar-refractivity contribution is 7.19. The number of likely N-dealkylation sites (tertiary alicyclic amines) is 1. The summed E-state index contributed by atoms with van der Waals surface area (Å²) in [5.41, 5.74) is 1.45. The van der Waals surface area contributed by atoms with Gasteiger partial charge in [-0.05, 0) is 63.7 Å². The zero-order chi connectivity index (χ0) is 14.8. The maximum atomic E-state index is 3.79. The summed E-state index contributed by atoms with van der Waals surface area (Å²) in [6.45, 7) is 10.6. The van der Waals surface area contributed by atoms with Crippen LogP contribution in [0.5, 0.6) is 0 Å². The lowest BCUT2D eigenvalue weighted by Crippen LogP contribution is -2.39. The molecule has 1 aliphatic rings. The number of fused-ring (bicyclic) bond motifs is 1. The maximum Gasteiger partial charge on any atom is 0.0391 e. The van der Waals surface area contributed by atoms with Crippen molar-refractivity contribution < 1.29 is 0 Å². The molecule has 0 aliphatic carbocycles. The first kappa shape index (κ1) is 15.0. The monoisotopic (exact) mass is 302 g/mol. The van der Waals surface area contributed by atoms with Gasteiger partial charge in [0.25, 0.3) is 0 Å². The Morgan fingerprint density at radius 3 is 2.62 bits per heavy atom. The largest absolute Gasteiger partial charge is 0.306 e. The molecule has 2 atom stereocenters. The molecular formula is C18H26N2S. The van der Waals surface area contributed by atoms with Gasteiger partial charge in [-0.2, -0.15) is 0 Å². The Morgan fingerprint density at radius 2 is 1.90 bits per heavy atom. The van der Waals surface area contributed by atoms with Crippen LogP contribution in [-0.2, 0) is 0 Å². The van der Waals surface area contributed by atoms with Gasteiger partial charge in [0.15, 0.2) is 0 Å². The molecule has 3 rings (SSSR count). The van der Waals surface area contributed by atoms with Crippen molar-refractivity contribution in [1.29, 1.82) is 0 Å². The summed E-state index contributed by atoms with van der Waals surface area (Å²) in [4.78, 5) is 4.08. The highest BCUT2D eigenvalue weighted by Gasteiger charge is 2.19. The highest BCUT2D eigenvalue weighted by Crippen LogP contribution is 2.34. The summed E-state index contributed by atoms with van der Waals surface area (Å²) >= 11 is 1.94. The third-order valence-corrected chi connectivity index (χ3v) is 5.99. The second-order valence-electron chi connectivity index (χ2n) is 6.38. The lowest BCUT2D eigenvalue weighted by Gasteiger charge is -2.24. The van der Waals surface area contributed by atoms with Crippen molar-refractivity contribution in [2.75, 3.05) is 19.6 Å². The van der Waals surface area contributed by atoms with Crippen molar-refractivity contribution in [3.63, 3.8) is 0 Å². The molecule has 2 heterocycles. The molecule has 1 aromatic carbocycles. The molecule has 1 saturated heterocycles. The van der Waals surface area contributed by atoms with Crippen molar-refractivity contribution in [1.82, 2.24) is 10.2 Å². The Balaban J connectivity index is 1.68. The molecule has 0 amide bonds. The van der Waals surface area contributed by atoms with E-state index in [1.807, 2.05) is 11.3 Å². The van der Waals surface area contributed by atoms with Gasteiger partial charge < -0.3 is 10.2 Å². The molecule has 3 heteroatoms. The van der Waals surface area contributed by atoms with Crippen LogP contribution in [0.1, 0.15) is 43.2 Å². The number of nitrogens with one attached hydrogen (secondary N) is 1. The van der Waals surface area contributed by atoms with Crippen LogP contribution in [0.2, 0.25) is 0 Å². The van der Waals surface area contributed by atoms with E-state index in [-0.39, 0.29) is 0 Å². The van der Waals surface area contributed by atoms with E-state index in [9.17, 15) is 0 Å². The zero-order valence-electron chi connectivity index (χ0n) is 13.4. The molecular weight excluding hydrogens is 276 g/mol. The summed E-state index contributed by atoms with van der Waals surface area (Å²) in [7, 11) is 0. The van der Waals surface area contributed by atoms with E-state index < -0.39 is 0 Å². The minimum absolute atomic E-state index is 0.431. The van der Waals surface area contributed by atoms with Gasteiger partial charge in [-0.3, -0.25) is 0 Å². The van der Waals surface area contributed by atoms with Crippen molar-refractivity contribution in [3.05, 3.63) is 34.7 Å². The van der Waals surface area contributed by atoms with E-state index in [1.54, 1.807) is 0 Å². The van der Waals surface area contributed by atoms with Gasteiger partial charge in [0.2, 0.25) is 0 Å². The van der Waals surface area contributed by atoms with E-state index in [0.29, 0.717) is 12.1 Å². The summed E-state index contributed by atoms with van der Waals surface area (Å²) in [5, 5.41) is 5.21. The quantitative estimate of drug-likeness (QED) is 0.883. The van der Waals surface area contributed by atoms with Crippen LogP contribution in [0.25, 0.3) is 10.1 Å². The zero-order valence-corrected chi connectivity index (χ0v) is 14.2. The fourth-order valence-electron chi connectivity index (χ4n) is 3.51. The SMILES string of the molecule is Cc1c(C(C)NC(C)CN2CCCC2)sc2ccccc12. The van der Waals surface area contributed by atoms with Crippen LogP contribution in [0.3, 0.4) is 0 Å². The van der Waals surface area contributed by atoms with Crippen LogP contribution in [0, 0.1) is 6.92 Å². The number of hydrogen-bond acceptors (Lipinski definition) is 3. The van der Waals surface area contributed by atoms with Crippen LogP contribution in [-0.4, -0.2) is 30.6 Å². The Kier molecular flexibility index (Phi) is 4.63. The molecule has 1 aliphatic heterocycles. The van der Waals surface area contributed by atoms with Crippen LogP contribution >= 0.6 is 11.3 Å². The molecule has 1 N–H and O–H groups in total. The van der Waals surface area contributed by atoms with E-state index in [1.165, 1.54) is 53.0 Å². The Morgan fingerprint density at radius 1 is 1.19 bits per heavy atom. The number of hydrogen-bond donors (Lipinski definition) is 1.